The van der Waals surface area contributed by atoms with Gasteiger partial charge in [0.25, 0.3) is 5.91 Å². The third-order valence-corrected chi connectivity index (χ3v) is 4.16. The van der Waals surface area contributed by atoms with E-state index >= 15 is 0 Å². The van der Waals surface area contributed by atoms with Gasteiger partial charge in [-0.05, 0) is 43.2 Å². The second-order valence-corrected chi connectivity index (χ2v) is 6.00. The molecule has 2 heterocycles. The average molecular weight is 339 g/mol. The van der Waals surface area contributed by atoms with Gasteiger partial charge in [-0.25, -0.2) is 0 Å². The topological polar surface area (TPSA) is 71.5 Å². The Morgan fingerprint density at radius 1 is 1.32 bits per heavy atom. The molecule has 1 aliphatic rings. The molecule has 6 nitrogen and oxygen atoms in total. The van der Waals surface area contributed by atoms with Gasteiger partial charge in [-0.3, -0.25) is 14.6 Å². The second kappa shape index (κ2) is 7.79. The third-order valence-electron chi connectivity index (χ3n) is 4.16. The van der Waals surface area contributed by atoms with Crippen molar-refractivity contribution in [3.05, 3.63) is 54.4 Å². The Hall–Kier alpha value is -2.89. The number of pyridine rings is 1. The van der Waals surface area contributed by atoms with E-state index in [4.69, 9.17) is 4.74 Å². The van der Waals surface area contributed by atoms with Crippen molar-refractivity contribution in [1.29, 1.82) is 0 Å². The number of nitrogens with one attached hydrogen (secondary N) is 1. The minimum absolute atomic E-state index is 0.0766. The lowest BCUT2D eigenvalue weighted by Crippen LogP contribution is -2.31. The van der Waals surface area contributed by atoms with Crippen LogP contribution in [0.2, 0.25) is 0 Å². The van der Waals surface area contributed by atoms with Crippen LogP contribution in [-0.4, -0.2) is 29.9 Å². The zero-order chi connectivity index (χ0) is 17.6. The Bertz CT molecular complexity index is 749. The fraction of sp³-hybridized carbons (Fsp3) is 0.316. The van der Waals surface area contributed by atoms with Gasteiger partial charge in [0.05, 0.1) is 6.04 Å². The first-order valence-corrected chi connectivity index (χ1v) is 8.36. The fourth-order valence-corrected chi connectivity index (χ4v) is 2.83. The number of carbonyl (C=O) groups is 2. The van der Waals surface area contributed by atoms with Gasteiger partial charge in [0.1, 0.15) is 5.75 Å². The molecule has 0 bridgehead atoms. The molecule has 0 unspecified atom stereocenters. The van der Waals surface area contributed by atoms with Crippen LogP contribution in [0.5, 0.6) is 5.75 Å². The summed E-state index contributed by atoms with van der Waals surface area (Å²) < 4.78 is 5.58. The van der Waals surface area contributed by atoms with E-state index in [0.717, 1.165) is 24.2 Å². The van der Waals surface area contributed by atoms with Crippen molar-refractivity contribution in [2.75, 3.05) is 18.1 Å². The number of benzene rings is 1. The Labute approximate surface area is 146 Å². The summed E-state index contributed by atoms with van der Waals surface area (Å²) in [7, 11) is 0. The normalized spacial score (nSPS) is 15.1. The SMILES string of the molecule is C[C@@H](NC(=O)COc1cccc(N2CCCC2=O)c1)c1ccncc1. The van der Waals surface area contributed by atoms with E-state index in [-0.39, 0.29) is 24.5 Å². The van der Waals surface area contributed by atoms with Crippen LogP contribution in [-0.2, 0) is 9.59 Å². The summed E-state index contributed by atoms with van der Waals surface area (Å²) in [4.78, 5) is 29.6. The van der Waals surface area contributed by atoms with Crippen LogP contribution in [0, 0.1) is 0 Å². The highest BCUT2D eigenvalue weighted by Crippen LogP contribution is 2.25. The molecule has 0 aliphatic carbocycles. The molecule has 6 heteroatoms. The number of amides is 2. The quantitative estimate of drug-likeness (QED) is 0.877. The molecule has 0 saturated carbocycles. The van der Waals surface area contributed by atoms with E-state index in [1.807, 2.05) is 31.2 Å². The number of hydrogen-bond acceptors (Lipinski definition) is 4. The van der Waals surface area contributed by atoms with Crippen LogP contribution in [0.25, 0.3) is 0 Å². The van der Waals surface area contributed by atoms with Gasteiger partial charge < -0.3 is 15.0 Å². The minimum atomic E-state index is -0.202. The van der Waals surface area contributed by atoms with Gasteiger partial charge in [-0.15, -0.1) is 0 Å². The van der Waals surface area contributed by atoms with Crippen LogP contribution in [0.15, 0.2) is 48.8 Å². The van der Waals surface area contributed by atoms with Gasteiger partial charge in [0.15, 0.2) is 6.61 Å². The van der Waals surface area contributed by atoms with E-state index in [1.165, 1.54) is 0 Å². The molecule has 2 amide bonds. The van der Waals surface area contributed by atoms with E-state index in [2.05, 4.69) is 10.3 Å². The molecule has 1 aromatic heterocycles. The summed E-state index contributed by atoms with van der Waals surface area (Å²) in [6, 6.07) is 10.9. The molecule has 0 spiro atoms. The standard InChI is InChI=1S/C19H21N3O3/c1-14(15-7-9-20-10-8-15)21-18(23)13-25-17-5-2-4-16(12-17)22-11-3-6-19(22)24/h2,4-5,7-10,12,14H,3,6,11,13H2,1H3,(H,21,23)/t14-/m1/s1. The van der Waals surface area contributed by atoms with E-state index < -0.39 is 0 Å². The lowest BCUT2D eigenvalue weighted by atomic mass is 10.1. The molecular weight excluding hydrogens is 318 g/mol. The Kier molecular flexibility index (Phi) is 5.28. The molecule has 1 aliphatic heterocycles. The highest BCUT2D eigenvalue weighted by Gasteiger charge is 2.21. The van der Waals surface area contributed by atoms with Crippen molar-refractivity contribution < 1.29 is 14.3 Å². The molecule has 3 rings (SSSR count). The summed E-state index contributed by atoms with van der Waals surface area (Å²) in [6.45, 7) is 2.56. The first-order valence-electron chi connectivity index (χ1n) is 8.36. The smallest absolute Gasteiger partial charge is 0.258 e. The van der Waals surface area contributed by atoms with E-state index in [0.29, 0.717) is 12.2 Å². The lowest BCUT2D eigenvalue weighted by Gasteiger charge is -2.17. The number of nitrogens with zero attached hydrogens (tertiary/aromatic N) is 2. The van der Waals surface area contributed by atoms with Crippen LogP contribution in [0.4, 0.5) is 5.69 Å². The van der Waals surface area contributed by atoms with Crippen LogP contribution in [0.3, 0.4) is 0 Å². The first kappa shape index (κ1) is 17.0. The summed E-state index contributed by atoms with van der Waals surface area (Å²) in [6.07, 6.45) is 4.85. The Morgan fingerprint density at radius 2 is 2.12 bits per heavy atom. The average Bonchev–Trinajstić information content (AvgIpc) is 3.07. The van der Waals surface area contributed by atoms with Crippen molar-refractivity contribution >= 4 is 17.5 Å². The van der Waals surface area contributed by atoms with Crippen molar-refractivity contribution in [2.45, 2.75) is 25.8 Å². The van der Waals surface area contributed by atoms with E-state index in [1.54, 1.807) is 29.4 Å². The second-order valence-electron chi connectivity index (χ2n) is 6.00. The summed E-state index contributed by atoms with van der Waals surface area (Å²) in [5, 5.41) is 2.89. The number of ether oxygens (including phenoxy) is 1. The number of rotatable bonds is 6. The van der Waals surface area contributed by atoms with Crippen molar-refractivity contribution in [3.63, 3.8) is 0 Å². The van der Waals surface area contributed by atoms with Crippen molar-refractivity contribution in [2.24, 2.45) is 0 Å². The maximum atomic E-state index is 12.1. The van der Waals surface area contributed by atoms with Crippen LogP contribution < -0.4 is 15.0 Å². The third kappa shape index (κ3) is 4.35. The minimum Gasteiger partial charge on any atom is -0.484 e. The fourth-order valence-electron chi connectivity index (χ4n) is 2.83. The molecule has 1 fully saturated rings. The van der Waals surface area contributed by atoms with Gasteiger partial charge in [0, 0.05) is 37.1 Å². The lowest BCUT2D eigenvalue weighted by molar-refractivity contribution is -0.123. The van der Waals surface area contributed by atoms with Gasteiger partial charge in [0.2, 0.25) is 5.91 Å². The molecule has 1 N–H and O–H groups in total. The largest absolute Gasteiger partial charge is 0.484 e. The van der Waals surface area contributed by atoms with Crippen molar-refractivity contribution in [1.82, 2.24) is 10.3 Å². The molecule has 1 aromatic carbocycles. The predicted octanol–water partition coefficient (Wildman–Crippen LogP) is 2.46. The first-order chi connectivity index (χ1) is 12.1. The predicted molar refractivity (Wildman–Crippen MR) is 94.3 cm³/mol. The molecule has 1 saturated heterocycles. The van der Waals surface area contributed by atoms with Crippen LogP contribution >= 0.6 is 0 Å². The monoisotopic (exact) mass is 339 g/mol. The highest BCUT2D eigenvalue weighted by molar-refractivity contribution is 5.95. The summed E-state index contributed by atoms with van der Waals surface area (Å²) in [5.41, 5.74) is 1.79. The number of hydrogen-bond donors (Lipinski definition) is 1. The number of aromatic nitrogens is 1. The maximum absolute atomic E-state index is 12.1. The van der Waals surface area contributed by atoms with Gasteiger partial charge >= 0.3 is 0 Å². The molecular formula is C19H21N3O3. The van der Waals surface area contributed by atoms with Gasteiger partial charge in [-0.1, -0.05) is 6.07 Å². The van der Waals surface area contributed by atoms with Gasteiger partial charge in [-0.2, -0.15) is 0 Å². The van der Waals surface area contributed by atoms with E-state index in [9.17, 15) is 9.59 Å². The highest BCUT2D eigenvalue weighted by atomic mass is 16.5. The van der Waals surface area contributed by atoms with Crippen LogP contribution in [0.1, 0.15) is 31.4 Å². The molecule has 25 heavy (non-hydrogen) atoms. The zero-order valence-electron chi connectivity index (χ0n) is 14.1. The summed E-state index contributed by atoms with van der Waals surface area (Å²) in [5.74, 6) is 0.497. The molecule has 2 aromatic rings. The molecule has 0 radical (unpaired) electrons. The van der Waals surface area contributed by atoms with Crippen molar-refractivity contribution in [3.8, 4) is 5.75 Å². The Balaban J connectivity index is 1.54. The maximum Gasteiger partial charge on any atom is 0.258 e. The molecule has 130 valence electrons. The number of anilines is 1. The number of carbonyl (C=O) groups excluding carboxylic acids is 2. The molecule has 1 atom stereocenters. The zero-order valence-corrected chi connectivity index (χ0v) is 14.1. The Morgan fingerprint density at radius 3 is 2.84 bits per heavy atom. The summed E-state index contributed by atoms with van der Waals surface area (Å²) >= 11 is 0.